The van der Waals surface area contributed by atoms with Crippen molar-refractivity contribution < 1.29 is 9.26 Å². The molecule has 3 heterocycles. The zero-order valence-corrected chi connectivity index (χ0v) is 14.2. The van der Waals surface area contributed by atoms with E-state index in [1.807, 2.05) is 43.0 Å². The van der Waals surface area contributed by atoms with Crippen LogP contribution in [0.25, 0.3) is 11.4 Å². The van der Waals surface area contributed by atoms with E-state index in [1.54, 1.807) is 7.11 Å². The zero-order chi connectivity index (χ0) is 17.1. The largest absolute Gasteiger partial charge is 0.497 e. The number of rotatable bonds is 5. The first-order valence-electron chi connectivity index (χ1n) is 8.48. The minimum atomic E-state index is 0.536. The van der Waals surface area contributed by atoms with Crippen LogP contribution in [0.15, 0.2) is 47.5 Å². The zero-order valence-electron chi connectivity index (χ0n) is 14.2. The number of likely N-dealkylation sites (tertiary alicyclic amines) is 1. The van der Waals surface area contributed by atoms with E-state index in [0.29, 0.717) is 24.3 Å². The molecule has 1 aliphatic heterocycles. The molecule has 7 heteroatoms. The van der Waals surface area contributed by atoms with E-state index in [4.69, 9.17) is 9.26 Å². The standard InChI is InChI=1S/C18H21N5O2/c1-24-16-4-2-3-14(11-16)18-20-17(25-21-18)12-22-8-5-15(6-9-22)23-10-7-19-13-23/h2-4,7,10-11,13,15H,5-6,8-9,12H2,1H3. The quantitative estimate of drug-likeness (QED) is 0.712. The number of methoxy groups -OCH3 is 1. The molecule has 130 valence electrons. The fourth-order valence-corrected chi connectivity index (χ4v) is 3.25. The second kappa shape index (κ2) is 7.06. The average Bonchev–Trinajstić information content (AvgIpc) is 3.34. The van der Waals surface area contributed by atoms with Crippen molar-refractivity contribution in [2.75, 3.05) is 20.2 Å². The second-order valence-corrected chi connectivity index (χ2v) is 6.26. The first-order valence-corrected chi connectivity index (χ1v) is 8.48. The van der Waals surface area contributed by atoms with E-state index in [1.165, 1.54) is 0 Å². The molecule has 0 spiro atoms. The molecule has 0 unspecified atom stereocenters. The average molecular weight is 339 g/mol. The number of piperidine rings is 1. The Hall–Kier alpha value is -2.67. The van der Waals surface area contributed by atoms with E-state index in [9.17, 15) is 0 Å². The van der Waals surface area contributed by atoms with E-state index in [0.717, 1.165) is 37.2 Å². The maximum Gasteiger partial charge on any atom is 0.241 e. The van der Waals surface area contributed by atoms with Gasteiger partial charge >= 0.3 is 0 Å². The third kappa shape index (κ3) is 3.56. The van der Waals surface area contributed by atoms with E-state index in [2.05, 4.69) is 24.6 Å². The molecule has 0 amide bonds. The molecule has 1 saturated heterocycles. The molecule has 3 aromatic rings. The van der Waals surface area contributed by atoms with Gasteiger partial charge in [-0.1, -0.05) is 17.3 Å². The summed E-state index contributed by atoms with van der Waals surface area (Å²) in [6, 6.07) is 8.22. The van der Waals surface area contributed by atoms with Crippen molar-refractivity contribution in [1.82, 2.24) is 24.6 Å². The lowest BCUT2D eigenvalue weighted by Gasteiger charge is -2.31. The molecule has 1 fully saturated rings. The number of nitrogens with zero attached hydrogens (tertiary/aromatic N) is 5. The minimum absolute atomic E-state index is 0.536. The third-order valence-electron chi connectivity index (χ3n) is 4.66. The first kappa shape index (κ1) is 15.8. The molecule has 1 aromatic carbocycles. The summed E-state index contributed by atoms with van der Waals surface area (Å²) in [7, 11) is 1.65. The lowest BCUT2D eigenvalue weighted by molar-refractivity contribution is 0.161. The topological polar surface area (TPSA) is 69.2 Å². The van der Waals surface area contributed by atoms with Crippen molar-refractivity contribution in [3.8, 4) is 17.1 Å². The summed E-state index contributed by atoms with van der Waals surface area (Å²) in [5, 5.41) is 4.10. The predicted molar refractivity (Wildman–Crippen MR) is 92.1 cm³/mol. The van der Waals surface area contributed by atoms with Crippen molar-refractivity contribution in [2.45, 2.75) is 25.4 Å². The molecule has 4 rings (SSSR count). The molecular formula is C18H21N5O2. The maximum atomic E-state index is 5.44. The van der Waals surface area contributed by atoms with Crippen LogP contribution in [0.2, 0.25) is 0 Å². The number of hydrogen-bond donors (Lipinski definition) is 0. The number of hydrogen-bond acceptors (Lipinski definition) is 6. The van der Waals surface area contributed by atoms with E-state index < -0.39 is 0 Å². The Labute approximate surface area is 146 Å². The van der Waals surface area contributed by atoms with Gasteiger partial charge in [-0.05, 0) is 25.0 Å². The highest BCUT2D eigenvalue weighted by Crippen LogP contribution is 2.24. The Morgan fingerprint density at radius 2 is 2.16 bits per heavy atom. The number of aromatic nitrogens is 4. The van der Waals surface area contributed by atoms with Gasteiger partial charge in [-0.15, -0.1) is 0 Å². The van der Waals surface area contributed by atoms with Crippen LogP contribution in [-0.4, -0.2) is 44.8 Å². The van der Waals surface area contributed by atoms with Crippen LogP contribution in [-0.2, 0) is 6.54 Å². The fraction of sp³-hybridized carbons (Fsp3) is 0.389. The van der Waals surface area contributed by atoms with Crippen LogP contribution in [0.4, 0.5) is 0 Å². The summed E-state index contributed by atoms with van der Waals surface area (Å²) in [4.78, 5) is 11.0. The summed E-state index contributed by atoms with van der Waals surface area (Å²) in [5.74, 6) is 2.03. The first-order chi connectivity index (χ1) is 12.3. The molecule has 0 radical (unpaired) electrons. The Balaban J connectivity index is 1.37. The molecular weight excluding hydrogens is 318 g/mol. The van der Waals surface area contributed by atoms with Crippen molar-refractivity contribution in [1.29, 1.82) is 0 Å². The van der Waals surface area contributed by atoms with Crippen LogP contribution >= 0.6 is 0 Å². The minimum Gasteiger partial charge on any atom is -0.497 e. The van der Waals surface area contributed by atoms with Gasteiger partial charge in [-0.25, -0.2) is 4.98 Å². The van der Waals surface area contributed by atoms with Gasteiger partial charge in [-0.3, -0.25) is 4.90 Å². The SMILES string of the molecule is COc1cccc(-c2noc(CN3CCC(n4ccnc4)CC3)n2)c1. The molecule has 1 aliphatic rings. The highest BCUT2D eigenvalue weighted by molar-refractivity contribution is 5.56. The summed E-state index contributed by atoms with van der Waals surface area (Å²) in [6.45, 7) is 2.72. The Bertz CT molecular complexity index is 807. The van der Waals surface area contributed by atoms with Crippen LogP contribution in [0.5, 0.6) is 5.75 Å². The normalized spacial score (nSPS) is 16.2. The molecule has 0 aliphatic carbocycles. The Kier molecular flexibility index (Phi) is 4.47. The highest BCUT2D eigenvalue weighted by atomic mass is 16.5. The molecule has 0 bridgehead atoms. The van der Waals surface area contributed by atoms with Gasteiger partial charge in [-0.2, -0.15) is 4.98 Å². The van der Waals surface area contributed by atoms with Crippen molar-refractivity contribution in [3.05, 3.63) is 48.9 Å². The van der Waals surface area contributed by atoms with Gasteiger partial charge in [0, 0.05) is 37.1 Å². The lowest BCUT2D eigenvalue weighted by atomic mass is 10.1. The molecule has 2 aromatic heterocycles. The summed E-state index contributed by atoms with van der Waals surface area (Å²) >= 11 is 0. The molecule has 0 saturated carbocycles. The maximum absolute atomic E-state index is 5.44. The fourth-order valence-electron chi connectivity index (χ4n) is 3.25. The predicted octanol–water partition coefficient (Wildman–Crippen LogP) is 2.78. The summed E-state index contributed by atoms with van der Waals surface area (Å²) < 4.78 is 12.9. The number of ether oxygens (including phenoxy) is 1. The van der Waals surface area contributed by atoms with Gasteiger partial charge in [0.05, 0.1) is 20.0 Å². The van der Waals surface area contributed by atoms with Crippen LogP contribution in [0.3, 0.4) is 0 Å². The van der Waals surface area contributed by atoms with E-state index >= 15 is 0 Å². The lowest BCUT2D eigenvalue weighted by Crippen LogP contribution is -2.34. The van der Waals surface area contributed by atoms with Crippen LogP contribution in [0, 0.1) is 0 Å². The number of benzene rings is 1. The van der Waals surface area contributed by atoms with Gasteiger partial charge in [0.25, 0.3) is 0 Å². The number of imidazole rings is 1. The Morgan fingerprint density at radius 1 is 1.28 bits per heavy atom. The van der Waals surface area contributed by atoms with Crippen molar-refractivity contribution >= 4 is 0 Å². The van der Waals surface area contributed by atoms with Gasteiger partial charge in [0.2, 0.25) is 11.7 Å². The summed E-state index contributed by atoms with van der Waals surface area (Å²) in [5.41, 5.74) is 0.896. The van der Waals surface area contributed by atoms with Crippen molar-refractivity contribution in [2.24, 2.45) is 0 Å². The van der Waals surface area contributed by atoms with Crippen LogP contribution < -0.4 is 4.74 Å². The summed E-state index contributed by atoms with van der Waals surface area (Å²) in [6.07, 6.45) is 7.99. The smallest absolute Gasteiger partial charge is 0.241 e. The molecule has 7 nitrogen and oxygen atoms in total. The second-order valence-electron chi connectivity index (χ2n) is 6.26. The monoisotopic (exact) mass is 339 g/mol. The van der Waals surface area contributed by atoms with E-state index in [-0.39, 0.29) is 0 Å². The molecule has 0 atom stereocenters. The van der Waals surface area contributed by atoms with Gasteiger partial charge in [0.1, 0.15) is 5.75 Å². The Morgan fingerprint density at radius 3 is 2.92 bits per heavy atom. The van der Waals surface area contributed by atoms with Gasteiger partial charge < -0.3 is 13.8 Å². The van der Waals surface area contributed by atoms with Gasteiger partial charge in [0.15, 0.2) is 0 Å². The molecule has 25 heavy (non-hydrogen) atoms. The highest BCUT2D eigenvalue weighted by Gasteiger charge is 2.22. The third-order valence-corrected chi connectivity index (χ3v) is 4.66. The van der Waals surface area contributed by atoms with Crippen molar-refractivity contribution in [3.63, 3.8) is 0 Å². The molecule has 0 N–H and O–H groups in total. The van der Waals surface area contributed by atoms with Crippen LogP contribution in [0.1, 0.15) is 24.8 Å².